The standard InChI is InChI=1S/C35H30Cl2N2O7/c1-35(2,3)46-34(42)39-29(33(41)43-20-21-8-5-4-6-9-21)15-22-10-7-11-27(14-22)44-32(40)23-12-13-28-30(18-23)45-31(38-28)24-16-25(36)19-26(37)17-24/h4-14,16-19,29H,15,20H2,1-3H3,(H,39,42)/t29-/m0/s1. The Hall–Kier alpha value is -4.86. The van der Waals surface area contributed by atoms with Crippen molar-refractivity contribution in [1.29, 1.82) is 0 Å². The van der Waals surface area contributed by atoms with Gasteiger partial charge >= 0.3 is 18.0 Å². The van der Waals surface area contributed by atoms with Gasteiger partial charge in [-0.25, -0.2) is 19.4 Å². The molecule has 1 atom stereocenters. The lowest BCUT2D eigenvalue weighted by atomic mass is 10.1. The summed E-state index contributed by atoms with van der Waals surface area (Å²) in [5.41, 5.74) is 2.38. The highest BCUT2D eigenvalue weighted by molar-refractivity contribution is 6.35. The minimum Gasteiger partial charge on any atom is -0.459 e. The van der Waals surface area contributed by atoms with E-state index in [-0.39, 0.29) is 24.3 Å². The molecule has 0 aliphatic heterocycles. The van der Waals surface area contributed by atoms with Gasteiger partial charge < -0.3 is 23.9 Å². The monoisotopic (exact) mass is 660 g/mol. The number of benzene rings is 4. The Labute approximate surface area is 275 Å². The summed E-state index contributed by atoms with van der Waals surface area (Å²) in [6, 6.07) is 24.5. The number of fused-ring (bicyclic) bond motifs is 1. The van der Waals surface area contributed by atoms with Gasteiger partial charge in [0, 0.05) is 22.0 Å². The predicted molar refractivity (Wildman–Crippen MR) is 174 cm³/mol. The van der Waals surface area contributed by atoms with Crippen LogP contribution in [0.2, 0.25) is 10.0 Å². The lowest BCUT2D eigenvalue weighted by molar-refractivity contribution is -0.147. The van der Waals surface area contributed by atoms with Gasteiger partial charge in [-0.05, 0) is 80.4 Å². The number of alkyl carbamates (subject to hydrolysis) is 1. The lowest BCUT2D eigenvalue weighted by Gasteiger charge is -2.23. The molecule has 236 valence electrons. The third-order valence-electron chi connectivity index (χ3n) is 6.48. The number of esters is 2. The summed E-state index contributed by atoms with van der Waals surface area (Å²) >= 11 is 12.2. The van der Waals surface area contributed by atoms with Gasteiger partial charge in [0.15, 0.2) is 5.58 Å². The van der Waals surface area contributed by atoms with Crippen LogP contribution < -0.4 is 10.1 Å². The number of carbonyl (C=O) groups excluding carboxylic acids is 3. The number of carbonyl (C=O) groups is 3. The van der Waals surface area contributed by atoms with Crippen molar-refractivity contribution in [2.75, 3.05) is 0 Å². The zero-order valence-corrected chi connectivity index (χ0v) is 26.7. The van der Waals surface area contributed by atoms with E-state index in [1.54, 1.807) is 75.4 Å². The van der Waals surface area contributed by atoms with Gasteiger partial charge in [0.05, 0.1) is 5.56 Å². The van der Waals surface area contributed by atoms with Gasteiger partial charge in [-0.15, -0.1) is 0 Å². The van der Waals surface area contributed by atoms with Crippen molar-refractivity contribution in [3.8, 4) is 17.2 Å². The fraction of sp³-hybridized carbons (Fsp3) is 0.200. The molecule has 0 saturated carbocycles. The molecule has 1 heterocycles. The number of aromatic nitrogens is 1. The zero-order valence-electron chi connectivity index (χ0n) is 25.2. The van der Waals surface area contributed by atoms with Crippen LogP contribution in [0.1, 0.15) is 42.3 Å². The SMILES string of the molecule is CC(C)(C)OC(=O)N[C@@H](Cc1cccc(OC(=O)c2ccc3nc(-c4cc(Cl)cc(Cl)c4)oc3c2)c1)C(=O)OCc1ccccc1. The summed E-state index contributed by atoms with van der Waals surface area (Å²) in [4.78, 5) is 43.2. The zero-order chi connectivity index (χ0) is 32.8. The maximum atomic E-state index is 13.1. The van der Waals surface area contributed by atoms with Gasteiger partial charge in [0.2, 0.25) is 5.89 Å². The molecule has 4 aromatic carbocycles. The molecule has 11 heteroatoms. The smallest absolute Gasteiger partial charge is 0.408 e. The van der Waals surface area contributed by atoms with Crippen molar-refractivity contribution in [2.24, 2.45) is 0 Å². The molecule has 0 fully saturated rings. The second-order valence-corrected chi connectivity index (χ2v) is 12.3. The molecule has 5 aromatic rings. The van der Waals surface area contributed by atoms with Gasteiger partial charge in [0.1, 0.15) is 29.5 Å². The summed E-state index contributed by atoms with van der Waals surface area (Å²) < 4.78 is 22.4. The largest absolute Gasteiger partial charge is 0.459 e. The van der Waals surface area contributed by atoms with Gasteiger partial charge in [-0.1, -0.05) is 65.7 Å². The number of hydrogen-bond donors (Lipinski definition) is 1. The number of nitrogens with zero attached hydrogens (tertiary/aromatic N) is 1. The molecule has 5 rings (SSSR count). The molecule has 0 aliphatic carbocycles. The quantitative estimate of drug-likeness (QED) is 0.124. The van der Waals surface area contributed by atoms with Crippen LogP contribution in [-0.4, -0.2) is 34.7 Å². The highest BCUT2D eigenvalue weighted by Crippen LogP contribution is 2.30. The van der Waals surface area contributed by atoms with Crippen molar-refractivity contribution in [3.63, 3.8) is 0 Å². The van der Waals surface area contributed by atoms with Crippen LogP contribution >= 0.6 is 23.2 Å². The first kappa shape index (κ1) is 32.5. The maximum Gasteiger partial charge on any atom is 0.408 e. The molecule has 1 amide bonds. The lowest BCUT2D eigenvalue weighted by Crippen LogP contribution is -2.45. The van der Waals surface area contributed by atoms with Crippen molar-refractivity contribution in [3.05, 3.63) is 118 Å². The normalized spacial score (nSPS) is 11.9. The topological polar surface area (TPSA) is 117 Å². The Morgan fingerprint density at radius 3 is 2.30 bits per heavy atom. The molecular weight excluding hydrogens is 631 g/mol. The summed E-state index contributed by atoms with van der Waals surface area (Å²) in [6.45, 7) is 5.21. The van der Waals surface area contributed by atoms with E-state index in [9.17, 15) is 14.4 Å². The number of hydrogen-bond acceptors (Lipinski definition) is 8. The molecule has 0 bridgehead atoms. The summed E-state index contributed by atoms with van der Waals surface area (Å²) in [6.07, 6.45) is -0.709. The number of rotatable bonds is 9. The molecule has 0 spiro atoms. The predicted octanol–water partition coefficient (Wildman–Crippen LogP) is 8.20. The average molecular weight is 662 g/mol. The number of amides is 1. The molecule has 0 unspecified atom stereocenters. The molecule has 1 aromatic heterocycles. The van der Waals surface area contributed by atoms with Crippen LogP contribution in [0.15, 0.2) is 95.4 Å². The Morgan fingerprint density at radius 2 is 1.59 bits per heavy atom. The highest BCUT2D eigenvalue weighted by atomic mass is 35.5. The van der Waals surface area contributed by atoms with Crippen LogP contribution in [0.3, 0.4) is 0 Å². The molecule has 1 N–H and O–H groups in total. The first-order valence-corrected chi connectivity index (χ1v) is 15.1. The van der Waals surface area contributed by atoms with E-state index >= 15 is 0 Å². The Bertz CT molecular complexity index is 1860. The van der Waals surface area contributed by atoms with Crippen molar-refractivity contribution >= 4 is 52.3 Å². The van der Waals surface area contributed by atoms with E-state index in [1.165, 1.54) is 6.07 Å². The average Bonchev–Trinajstić information content (AvgIpc) is 3.43. The van der Waals surface area contributed by atoms with Crippen LogP contribution in [0.4, 0.5) is 4.79 Å². The molecule has 0 saturated heterocycles. The Kier molecular flexibility index (Phi) is 9.94. The third-order valence-corrected chi connectivity index (χ3v) is 6.92. The van der Waals surface area contributed by atoms with Crippen molar-refractivity contribution in [1.82, 2.24) is 10.3 Å². The van der Waals surface area contributed by atoms with Crippen LogP contribution in [0.5, 0.6) is 5.75 Å². The van der Waals surface area contributed by atoms with E-state index in [4.69, 9.17) is 41.8 Å². The minimum atomic E-state index is -1.07. The van der Waals surface area contributed by atoms with Gasteiger partial charge in [0.25, 0.3) is 0 Å². The first-order valence-electron chi connectivity index (χ1n) is 14.3. The Balaban J connectivity index is 1.29. The van der Waals surface area contributed by atoms with E-state index < -0.39 is 29.7 Å². The first-order chi connectivity index (χ1) is 21.9. The van der Waals surface area contributed by atoms with E-state index in [1.807, 2.05) is 30.3 Å². The summed E-state index contributed by atoms with van der Waals surface area (Å²) in [7, 11) is 0. The second kappa shape index (κ2) is 14.1. The Morgan fingerprint density at radius 1 is 0.870 bits per heavy atom. The minimum absolute atomic E-state index is 0.0354. The molecule has 0 radical (unpaired) electrons. The van der Waals surface area contributed by atoms with Crippen molar-refractivity contribution in [2.45, 2.75) is 45.4 Å². The molecular formula is C35H30Cl2N2O7. The fourth-order valence-electron chi connectivity index (χ4n) is 4.46. The number of ether oxygens (including phenoxy) is 3. The van der Waals surface area contributed by atoms with Crippen molar-refractivity contribution < 1.29 is 33.0 Å². The van der Waals surface area contributed by atoms with E-state index in [0.717, 1.165) is 5.56 Å². The van der Waals surface area contributed by atoms with Crippen LogP contribution in [0, 0.1) is 0 Å². The van der Waals surface area contributed by atoms with Crippen LogP contribution in [0.25, 0.3) is 22.6 Å². The van der Waals surface area contributed by atoms with E-state index in [2.05, 4.69) is 10.3 Å². The van der Waals surface area contributed by atoms with E-state index in [0.29, 0.717) is 38.2 Å². The van der Waals surface area contributed by atoms with Gasteiger partial charge in [-0.3, -0.25) is 0 Å². The number of halogens is 2. The fourth-order valence-corrected chi connectivity index (χ4v) is 4.99. The number of oxazole rings is 1. The second-order valence-electron chi connectivity index (χ2n) is 11.4. The molecule has 9 nitrogen and oxygen atoms in total. The summed E-state index contributed by atoms with van der Waals surface area (Å²) in [5, 5.41) is 3.48. The van der Waals surface area contributed by atoms with Crippen LogP contribution in [-0.2, 0) is 27.3 Å². The maximum absolute atomic E-state index is 13.1. The third kappa shape index (κ3) is 8.87. The highest BCUT2D eigenvalue weighted by Gasteiger charge is 2.26. The molecule has 0 aliphatic rings. The molecule has 46 heavy (non-hydrogen) atoms. The summed E-state index contributed by atoms with van der Waals surface area (Å²) in [5.74, 6) is -0.733. The van der Waals surface area contributed by atoms with Gasteiger partial charge in [-0.2, -0.15) is 0 Å². The number of nitrogens with one attached hydrogen (secondary N) is 1.